The van der Waals surface area contributed by atoms with Crippen molar-refractivity contribution in [3.8, 4) is 0 Å². The van der Waals surface area contributed by atoms with Gasteiger partial charge >= 0.3 is 6.03 Å². The number of aromatic nitrogens is 4. The van der Waals surface area contributed by atoms with Crippen LogP contribution >= 0.6 is 23.2 Å². The van der Waals surface area contributed by atoms with E-state index in [1.807, 2.05) is 0 Å². The third kappa shape index (κ3) is 2.88. The number of nitrogens with zero attached hydrogens (tertiary/aromatic N) is 4. The van der Waals surface area contributed by atoms with Crippen LogP contribution in [0.25, 0.3) is 5.65 Å². The second-order valence-corrected chi connectivity index (χ2v) is 4.84. The molecular weight excluding hydrogens is 315 g/mol. The van der Waals surface area contributed by atoms with E-state index in [4.69, 9.17) is 23.2 Å². The number of fused-ring (bicyclic) bond motifs is 1. The Morgan fingerprint density at radius 2 is 2.00 bits per heavy atom. The maximum absolute atomic E-state index is 12.0. The third-order valence-corrected chi connectivity index (χ3v) is 3.36. The van der Waals surface area contributed by atoms with Crippen LogP contribution in [0, 0.1) is 0 Å². The standard InChI is InChI=1S/C12H8Cl2N6O/c13-8-2-1-7(3-9(8)14)18-12(21)19-11-17-5-16-10-4-15-6-20(10)11/h1-6H,(H2,16,17,18,19,21). The topological polar surface area (TPSA) is 84.2 Å². The zero-order valence-electron chi connectivity index (χ0n) is 10.4. The second kappa shape index (κ2) is 5.55. The van der Waals surface area contributed by atoms with Crippen molar-refractivity contribution in [3.63, 3.8) is 0 Å². The molecule has 2 heterocycles. The van der Waals surface area contributed by atoms with Gasteiger partial charge in [0.15, 0.2) is 5.65 Å². The average Bonchev–Trinajstić information content (AvgIpc) is 2.92. The highest BCUT2D eigenvalue weighted by Crippen LogP contribution is 2.25. The molecule has 0 bridgehead atoms. The molecule has 3 rings (SSSR count). The molecule has 106 valence electrons. The molecule has 0 radical (unpaired) electrons. The monoisotopic (exact) mass is 322 g/mol. The van der Waals surface area contributed by atoms with Crippen molar-refractivity contribution in [1.29, 1.82) is 0 Å². The van der Waals surface area contributed by atoms with Crippen LogP contribution < -0.4 is 10.6 Å². The summed E-state index contributed by atoms with van der Waals surface area (Å²) in [6.45, 7) is 0. The second-order valence-electron chi connectivity index (χ2n) is 4.03. The van der Waals surface area contributed by atoms with Crippen molar-refractivity contribution >= 4 is 46.5 Å². The maximum atomic E-state index is 12.0. The fourth-order valence-corrected chi connectivity index (χ4v) is 1.98. The molecule has 21 heavy (non-hydrogen) atoms. The number of urea groups is 1. The minimum atomic E-state index is -0.470. The fourth-order valence-electron chi connectivity index (χ4n) is 1.68. The van der Waals surface area contributed by atoms with Gasteiger partial charge in [0.25, 0.3) is 0 Å². The van der Waals surface area contributed by atoms with E-state index in [2.05, 4.69) is 25.6 Å². The Morgan fingerprint density at radius 3 is 2.81 bits per heavy atom. The van der Waals surface area contributed by atoms with Gasteiger partial charge in [-0.1, -0.05) is 23.2 Å². The van der Waals surface area contributed by atoms with E-state index in [0.717, 1.165) is 0 Å². The lowest BCUT2D eigenvalue weighted by molar-refractivity contribution is 0.262. The van der Waals surface area contributed by atoms with Crippen molar-refractivity contribution in [2.45, 2.75) is 0 Å². The summed E-state index contributed by atoms with van der Waals surface area (Å²) in [5.41, 5.74) is 1.09. The first-order valence-electron chi connectivity index (χ1n) is 5.79. The molecule has 1 aromatic carbocycles. The number of carbonyl (C=O) groups excluding carboxylic acids is 1. The van der Waals surface area contributed by atoms with E-state index in [9.17, 15) is 4.79 Å². The van der Waals surface area contributed by atoms with Crippen molar-refractivity contribution in [2.75, 3.05) is 10.6 Å². The Balaban J connectivity index is 1.77. The minimum Gasteiger partial charge on any atom is -0.308 e. The summed E-state index contributed by atoms with van der Waals surface area (Å²) < 4.78 is 1.55. The van der Waals surface area contributed by atoms with Gasteiger partial charge in [-0.3, -0.25) is 9.72 Å². The van der Waals surface area contributed by atoms with Gasteiger partial charge in [-0.05, 0) is 18.2 Å². The Bertz CT molecular complexity index is 818. The highest BCUT2D eigenvalue weighted by atomic mass is 35.5. The molecule has 7 nitrogen and oxygen atoms in total. The van der Waals surface area contributed by atoms with Gasteiger partial charge in [0.05, 0.1) is 16.2 Å². The number of anilines is 2. The average molecular weight is 323 g/mol. The summed E-state index contributed by atoms with van der Waals surface area (Å²) in [4.78, 5) is 23.9. The number of hydrogen-bond donors (Lipinski definition) is 2. The predicted molar refractivity (Wildman–Crippen MR) is 79.9 cm³/mol. The number of carbonyl (C=O) groups is 1. The first kappa shape index (κ1) is 13.6. The largest absolute Gasteiger partial charge is 0.326 e. The molecule has 0 spiro atoms. The van der Waals surface area contributed by atoms with E-state index >= 15 is 0 Å². The number of halogens is 2. The van der Waals surface area contributed by atoms with E-state index in [-0.39, 0.29) is 0 Å². The zero-order valence-corrected chi connectivity index (χ0v) is 11.9. The molecular formula is C12H8Cl2N6O. The highest BCUT2D eigenvalue weighted by Gasteiger charge is 2.08. The van der Waals surface area contributed by atoms with Crippen molar-refractivity contribution in [3.05, 3.63) is 47.1 Å². The van der Waals surface area contributed by atoms with Crippen LogP contribution in [0.3, 0.4) is 0 Å². The molecule has 9 heteroatoms. The third-order valence-electron chi connectivity index (χ3n) is 2.62. The molecule has 2 amide bonds. The van der Waals surface area contributed by atoms with Crippen molar-refractivity contribution in [1.82, 2.24) is 19.4 Å². The summed E-state index contributed by atoms with van der Waals surface area (Å²) in [7, 11) is 0. The summed E-state index contributed by atoms with van der Waals surface area (Å²) in [6.07, 6.45) is 4.40. The zero-order chi connectivity index (χ0) is 14.8. The van der Waals surface area contributed by atoms with Crippen LogP contribution in [-0.4, -0.2) is 25.4 Å². The first-order valence-corrected chi connectivity index (χ1v) is 6.55. The highest BCUT2D eigenvalue weighted by molar-refractivity contribution is 6.42. The summed E-state index contributed by atoms with van der Waals surface area (Å²) in [5, 5.41) is 6.00. The summed E-state index contributed by atoms with van der Waals surface area (Å²) in [5.74, 6) is 0.301. The lowest BCUT2D eigenvalue weighted by Crippen LogP contribution is -2.21. The molecule has 0 fully saturated rings. The molecule has 0 saturated carbocycles. The summed E-state index contributed by atoms with van der Waals surface area (Å²) in [6, 6.07) is 4.32. The number of hydrogen-bond acceptors (Lipinski definition) is 4. The van der Waals surface area contributed by atoms with Gasteiger partial charge in [0, 0.05) is 5.69 Å². The molecule has 0 atom stereocenters. The first-order chi connectivity index (χ1) is 10.1. The number of imidazole rings is 1. The SMILES string of the molecule is O=C(Nc1ccc(Cl)c(Cl)c1)Nc1ncnc2cncn12. The maximum Gasteiger partial charge on any atom is 0.326 e. The fraction of sp³-hybridized carbons (Fsp3) is 0. The van der Waals surface area contributed by atoms with Gasteiger partial charge in [-0.15, -0.1) is 0 Å². The van der Waals surface area contributed by atoms with Crippen LogP contribution in [0.4, 0.5) is 16.4 Å². The van der Waals surface area contributed by atoms with E-state index < -0.39 is 6.03 Å². The molecule has 0 aliphatic carbocycles. The molecule has 0 aliphatic rings. The van der Waals surface area contributed by atoms with E-state index in [1.165, 1.54) is 12.7 Å². The lowest BCUT2D eigenvalue weighted by atomic mass is 10.3. The van der Waals surface area contributed by atoms with Gasteiger partial charge < -0.3 is 5.32 Å². The van der Waals surface area contributed by atoms with Gasteiger partial charge in [-0.2, -0.15) is 0 Å². The Kier molecular flexibility index (Phi) is 3.59. The normalized spacial score (nSPS) is 10.6. The smallest absolute Gasteiger partial charge is 0.308 e. The van der Waals surface area contributed by atoms with Crippen LogP contribution in [-0.2, 0) is 0 Å². The van der Waals surface area contributed by atoms with Crippen LogP contribution in [0.1, 0.15) is 0 Å². The van der Waals surface area contributed by atoms with Gasteiger partial charge in [0.2, 0.25) is 5.95 Å². The number of rotatable bonds is 2. The van der Waals surface area contributed by atoms with Crippen LogP contribution in [0.2, 0.25) is 10.0 Å². The number of benzene rings is 1. The number of amides is 2. The predicted octanol–water partition coefficient (Wildman–Crippen LogP) is 3.08. The van der Waals surface area contributed by atoms with Crippen molar-refractivity contribution in [2.24, 2.45) is 0 Å². The van der Waals surface area contributed by atoms with E-state index in [1.54, 1.807) is 28.8 Å². The lowest BCUT2D eigenvalue weighted by Gasteiger charge is -2.08. The Morgan fingerprint density at radius 1 is 1.14 bits per heavy atom. The van der Waals surface area contributed by atoms with Gasteiger partial charge in [-0.25, -0.2) is 19.7 Å². The Hall–Kier alpha value is -2.38. The molecule has 2 aromatic heterocycles. The minimum absolute atomic E-state index is 0.301. The Labute approximate surface area is 128 Å². The van der Waals surface area contributed by atoms with Crippen LogP contribution in [0.15, 0.2) is 37.1 Å². The van der Waals surface area contributed by atoms with Crippen LogP contribution in [0.5, 0.6) is 0 Å². The number of nitrogens with one attached hydrogen (secondary N) is 2. The van der Waals surface area contributed by atoms with Gasteiger partial charge in [0.1, 0.15) is 12.7 Å². The molecule has 0 unspecified atom stereocenters. The van der Waals surface area contributed by atoms with Crippen molar-refractivity contribution < 1.29 is 4.79 Å². The molecule has 0 aliphatic heterocycles. The quantitative estimate of drug-likeness (QED) is 0.759. The molecule has 3 aromatic rings. The molecule has 2 N–H and O–H groups in total. The molecule has 0 saturated heterocycles. The van der Waals surface area contributed by atoms with E-state index in [0.29, 0.717) is 27.3 Å². The summed E-state index contributed by atoms with van der Waals surface area (Å²) >= 11 is 11.7.